The van der Waals surface area contributed by atoms with Crippen molar-refractivity contribution in [2.45, 2.75) is 38.4 Å². The van der Waals surface area contributed by atoms with Crippen LogP contribution in [0.2, 0.25) is 5.02 Å². The number of rotatable bonds is 9. The third-order valence-electron chi connectivity index (χ3n) is 5.67. The number of aryl methyl sites for hydroxylation is 3. The van der Waals surface area contributed by atoms with Gasteiger partial charge in [-0.3, -0.25) is 4.79 Å². The predicted octanol–water partition coefficient (Wildman–Crippen LogP) is 5.13. The van der Waals surface area contributed by atoms with Crippen LogP contribution >= 0.6 is 23.4 Å². The second-order valence-electron chi connectivity index (χ2n) is 8.26. The fourth-order valence-corrected chi connectivity index (χ4v) is 5.32. The molecule has 0 radical (unpaired) electrons. The number of aliphatic hydroxyl groups is 1. The molecule has 2 N–H and O–H groups in total. The first-order valence-corrected chi connectivity index (χ1v) is 13.3. The maximum Gasteiger partial charge on any atom is 0.297 e. The van der Waals surface area contributed by atoms with Gasteiger partial charge in [-0.1, -0.05) is 29.8 Å². The number of fused-ring (bicyclic) bond motifs is 1. The summed E-state index contributed by atoms with van der Waals surface area (Å²) in [6.07, 6.45) is 0.945. The van der Waals surface area contributed by atoms with E-state index in [0.29, 0.717) is 41.3 Å². The lowest BCUT2D eigenvalue weighted by Gasteiger charge is -2.11. The second-order valence-corrected chi connectivity index (χ2v) is 10.6. The van der Waals surface area contributed by atoms with Gasteiger partial charge >= 0.3 is 0 Å². The van der Waals surface area contributed by atoms with E-state index in [4.69, 9.17) is 37.6 Å². The maximum atomic E-state index is 13.2. The van der Waals surface area contributed by atoms with Crippen LogP contribution in [-0.2, 0) is 23.1 Å². The van der Waals surface area contributed by atoms with Gasteiger partial charge in [-0.2, -0.15) is 8.42 Å². The highest BCUT2D eigenvalue weighted by Gasteiger charge is 2.28. The Kier molecular flexibility index (Phi) is 7.65. The molecule has 0 fully saturated rings. The average molecular weight is 551 g/mol. The van der Waals surface area contributed by atoms with Crippen LogP contribution in [0.1, 0.15) is 39.4 Å². The van der Waals surface area contributed by atoms with Crippen molar-refractivity contribution in [2.24, 2.45) is 0 Å². The highest BCUT2D eigenvalue weighted by atomic mass is 35.5. The molecule has 0 aliphatic heterocycles. The number of carbonyl (C=O) groups excluding carboxylic acids is 1. The molecule has 8 nitrogen and oxygen atoms in total. The van der Waals surface area contributed by atoms with Crippen LogP contribution in [0.15, 0.2) is 58.0 Å². The topological polar surface area (TPSA) is 111 Å². The Balaban J connectivity index is 1.56. The van der Waals surface area contributed by atoms with Crippen LogP contribution in [-0.4, -0.2) is 30.1 Å². The van der Waals surface area contributed by atoms with E-state index in [-0.39, 0.29) is 11.5 Å². The number of furan rings is 1. The number of aliphatic hydroxyl groups excluding tert-OH is 1. The Labute approximate surface area is 218 Å². The summed E-state index contributed by atoms with van der Waals surface area (Å²) in [6, 6.07) is 13.4. The van der Waals surface area contributed by atoms with Crippen molar-refractivity contribution in [3.8, 4) is 5.75 Å². The van der Waals surface area contributed by atoms with Crippen LogP contribution in [0.4, 0.5) is 0 Å². The van der Waals surface area contributed by atoms with Crippen molar-refractivity contribution >= 4 is 50.2 Å². The summed E-state index contributed by atoms with van der Waals surface area (Å²) in [4.78, 5) is 13.2. The maximum absolute atomic E-state index is 13.2. The summed E-state index contributed by atoms with van der Waals surface area (Å²) >= 11 is 12.7. The van der Waals surface area contributed by atoms with Crippen LogP contribution < -0.4 is 9.46 Å². The fraction of sp³-hybridized carbons (Fsp3) is 0.240. The van der Waals surface area contributed by atoms with Crippen LogP contribution in [0.5, 0.6) is 5.75 Å². The molecule has 36 heavy (non-hydrogen) atoms. The van der Waals surface area contributed by atoms with E-state index in [1.165, 1.54) is 6.07 Å². The Bertz CT molecular complexity index is 1520. The lowest BCUT2D eigenvalue weighted by molar-refractivity contribution is 0.0974. The Morgan fingerprint density at radius 1 is 1.14 bits per heavy atom. The van der Waals surface area contributed by atoms with Crippen molar-refractivity contribution < 1.29 is 27.5 Å². The molecule has 0 saturated carbocycles. The number of amides is 1. The number of hydrogen-bond acceptors (Lipinski definition) is 6. The van der Waals surface area contributed by atoms with E-state index in [1.807, 2.05) is 42.8 Å². The smallest absolute Gasteiger partial charge is 0.297 e. The molecular weight excluding hydrogens is 527 g/mol. The van der Waals surface area contributed by atoms with Gasteiger partial charge in [0.15, 0.2) is 0 Å². The zero-order valence-electron chi connectivity index (χ0n) is 19.5. The van der Waals surface area contributed by atoms with Crippen LogP contribution in [0.25, 0.3) is 10.9 Å². The quantitative estimate of drug-likeness (QED) is 0.279. The summed E-state index contributed by atoms with van der Waals surface area (Å²) < 4.78 is 39.5. The zero-order valence-corrected chi connectivity index (χ0v) is 21.9. The first-order chi connectivity index (χ1) is 17.1. The predicted molar refractivity (Wildman–Crippen MR) is 137 cm³/mol. The highest BCUT2D eigenvalue weighted by molar-refractivity contribution is 7.90. The van der Waals surface area contributed by atoms with Gasteiger partial charge in [0.25, 0.3) is 15.9 Å². The molecule has 2 heterocycles. The van der Waals surface area contributed by atoms with E-state index < -0.39 is 27.6 Å². The SMILES string of the molecule is Cc1cc(OCCCc2c(C(=O)NS(=O)(=O)c3ccc(CO)o3)n(Cl)c3ccccc23)cc(C)c1Cl. The van der Waals surface area contributed by atoms with E-state index in [1.54, 1.807) is 12.1 Å². The standard InChI is InChI=1S/C25H24Cl2N2O6S/c1-15-12-18(13-16(2)23(15)26)34-11-5-7-20-19-6-3-4-8-21(19)29(27)24(20)25(31)28-36(32,33)22-10-9-17(14-30)35-22/h3-4,6,8-10,12-13,30H,5,7,11,14H2,1-2H3,(H,28,31). The number of ether oxygens (including phenoxy) is 1. The summed E-state index contributed by atoms with van der Waals surface area (Å²) in [7, 11) is -4.33. The number of aromatic nitrogens is 1. The third kappa shape index (κ3) is 5.24. The molecule has 1 amide bonds. The van der Waals surface area contributed by atoms with Gasteiger partial charge < -0.3 is 14.3 Å². The Morgan fingerprint density at radius 2 is 1.83 bits per heavy atom. The number of para-hydroxylation sites is 1. The van der Waals surface area contributed by atoms with Crippen LogP contribution in [0.3, 0.4) is 0 Å². The number of nitrogens with one attached hydrogen (secondary N) is 1. The van der Waals surface area contributed by atoms with Crippen molar-refractivity contribution in [2.75, 3.05) is 6.61 Å². The molecule has 4 rings (SSSR count). The van der Waals surface area contributed by atoms with Crippen molar-refractivity contribution in [1.82, 2.24) is 8.81 Å². The molecule has 0 unspecified atom stereocenters. The highest BCUT2D eigenvalue weighted by Crippen LogP contribution is 2.30. The molecule has 0 atom stereocenters. The van der Waals surface area contributed by atoms with Gasteiger partial charge in [-0.15, -0.1) is 0 Å². The van der Waals surface area contributed by atoms with Gasteiger partial charge in [0.1, 0.15) is 23.8 Å². The minimum atomic E-state index is -4.33. The van der Waals surface area contributed by atoms with Gasteiger partial charge in [-0.05, 0) is 73.7 Å². The van der Waals surface area contributed by atoms with Crippen molar-refractivity contribution in [3.63, 3.8) is 0 Å². The van der Waals surface area contributed by atoms with Crippen molar-refractivity contribution in [1.29, 1.82) is 0 Å². The average Bonchev–Trinajstić information content (AvgIpc) is 3.44. The summed E-state index contributed by atoms with van der Waals surface area (Å²) in [5.41, 5.74) is 3.01. The first kappa shape index (κ1) is 26.1. The molecule has 2 aromatic carbocycles. The molecule has 190 valence electrons. The monoisotopic (exact) mass is 550 g/mol. The van der Waals surface area contributed by atoms with Gasteiger partial charge in [0, 0.05) is 22.2 Å². The summed E-state index contributed by atoms with van der Waals surface area (Å²) in [5.74, 6) is -0.150. The molecule has 11 heteroatoms. The normalized spacial score (nSPS) is 11.7. The Hall–Kier alpha value is -2.98. The van der Waals surface area contributed by atoms with Crippen molar-refractivity contribution in [3.05, 3.63) is 81.7 Å². The fourth-order valence-electron chi connectivity index (χ4n) is 3.98. The minimum Gasteiger partial charge on any atom is -0.494 e. The molecule has 0 saturated heterocycles. The zero-order chi connectivity index (χ0) is 26.0. The van der Waals surface area contributed by atoms with E-state index in [2.05, 4.69) is 0 Å². The van der Waals surface area contributed by atoms with Gasteiger partial charge in [0.05, 0.1) is 12.1 Å². The number of nitrogens with zero attached hydrogens (tertiary/aromatic N) is 1. The van der Waals surface area contributed by atoms with Gasteiger partial charge in [0.2, 0.25) is 5.09 Å². The number of halogens is 2. The molecule has 4 aromatic rings. The number of sulfonamides is 1. The van der Waals surface area contributed by atoms with Gasteiger partial charge in [-0.25, -0.2) is 8.81 Å². The third-order valence-corrected chi connectivity index (χ3v) is 7.82. The molecular formula is C25H24Cl2N2O6S. The molecule has 2 aromatic heterocycles. The largest absolute Gasteiger partial charge is 0.494 e. The number of benzene rings is 2. The first-order valence-electron chi connectivity index (χ1n) is 11.1. The molecule has 0 aliphatic carbocycles. The lowest BCUT2D eigenvalue weighted by Crippen LogP contribution is -2.32. The van der Waals surface area contributed by atoms with E-state index in [9.17, 15) is 13.2 Å². The molecule has 0 spiro atoms. The lowest BCUT2D eigenvalue weighted by atomic mass is 10.1. The molecule has 0 aliphatic rings. The van der Waals surface area contributed by atoms with E-state index in [0.717, 1.165) is 26.7 Å². The number of hydrogen-bond donors (Lipinski definition) is 2. The Morgan fingerprint density at radius 3 is 2.50 bits per heavy atom. The summed E-state index contributed by atoms with van der Waals surface area (Å²) in [6.45, 7) is 3.70. The van der Waals surface area contributed by atoms with E-state index >= 15 is 0 Å². The minimum absolute atomic E-state index is 0.00793. The van der Waals surface area contributed by atoms with Crippen LogP contribution in [0, 0.1) is 13.8 Å². The second kappa shape index (κ2) is 10.6. The molecule has 0 bridgehead atoms. The summed E-state index contributed by atoms with van der Waals surface area (Å²) in [5, 5.41) is 10.1. The number of carbonyl (C=O) groups is 1.